The molecule has 4 heteroatoms. The first-order valence-corrected chi connectivity index (χ1v) is 9.03. The number of nitrogens with zero attached hydrogens (tertiary/aromatic N) is 2. The van der Waals surface area contributed by atoms with Crippen LogP contribution in [0.5, 0.6) is 0 Å². The molecule has 0 unspecified atom stereocenters. The average Bonchev–Trinajstić information content (AvgIpc) is 3.13. The lowest BCUT2D eigenvalue weighted by molar-refractivity contribution is -0.121. The zero-order chi connectivity index (χ0) is 18.6. The van der Waals surface area contributed by atoms with Crippen molar-refractivity contribution in [2.45, 2.75) is 19.4 Å². The van der Waals surface area contributed by atoms with Gasteiger partial charge in [0.15, 0.2) is 0 Å². The molecule has 4 aromatic rings. The van der Waals surface area contributed by atoms with Crippen LogP contribution in [0.4, 0.5) is 0 Å². The Morgan fingerprint density at radius 3 is 2.15 bits per heavy atom. The maximum atomic E-state index is 13.1. The van der Waals surface area contributed by atoms with Crippen LogP contribution in [-0.4, -0.2) is 15.3 Å². The van der Waals surface area contributed by atoms with E-state index >= 15 is 0 Å². The Balaban J connectivity index is 1.57. The van der Waals surface area contributed by atoms with E-state index in [0.717, 1.165) is 28.2 Å². The Morgan fingerprint density at radius 2 is 1.56 bits per heavy atom. The fraction of sp³-hybridized carbons (Fsp3) is 0.130. The number of hydrogen-bond donors (Lipinski definition) is 1. The summed E-state index contributed by atoms with van der Waals surface area (Å²) in [6.07, 6.45) is 1.98. The molecule has 1 amide bonds. The second-order valence-electron chi connectivity index (χ2n) is 6.60. The smallest absolute Gasteiger partial charge is 0.232 e. The molecule has 2 aromatic heterocycles. The number of rotatable bonds is 5. The van der Waals surface area contributed by atoms with Gasteiger partial charge in [-0.1, -0.05) is 66.7 Å². The Bertz CT molecular complexity index is 1020. The van der Waals surface area contributed by atoms with Crippen LogP contribution in [0.3, 0.4) is 0 Å². The highest BCUT2D eigenvalue weighted by Gasteiger charge is 2.22. The number of fused-ring (bicyclic) bond motifs is 1. The first-order valence-electron chi connectivity index (χ1n) is 9.03. The number of amides is 1. The molecule has 0 fully saturated rings. The van der Waals surface area contributed by atoms with E-state index in [1.54, 1.807) is 0 Å². The predicted octanol–water partition coefficient (Wildman–Crippen LogP) is 4.09. The molecule has 1 N–H and O–H groups in total. The second kappa shape index (κ2) is 7.46. The summed E-state index contributed by atoms with van der Waals surface area (Å²) >= 11 is 0. The fourth-order valence-electron chi connectivity index (χ4n) is 3.35. The van der Waals surface area contributed by atoms with Crippen LogP contribution in [0.1, 0.15) is 28.4 Å². The first-order chi connectivity index (χ1) is 13.2. The van der Waals surface area contributed by atoms with Gasteiger partial charge < -0.3 is 9.72 Å². The predicted molar refractivity (Wildman–Crippen MR) is 107 cm³/mol. The topological polar surface area (TPSA) is 46.4 Å². The molecule has 0 atom stereocenters. The molecule has 2 aromatic carbocycles. The molecular weight excluding hydrogens is 334 g/mol. The normalized spacial score (nSPS) is 11.0. The molecule has 4 rings (SSSR count). The fourth-order valence-corrected chi connectivity index (χ4v) is 3.35. The first kappa shape index (κ1) is 17.0. The van der Waals surface area contributed by atoms with Crippen molar-refractivity contribution in [2.24, 2.45) is 0 Å². The van der Waals surface area contributed by atoms with Gasteiger partial charge in [-0.2, -0.15) is 0 Å². The summed E-state index contributed by atoms with van der Waals surface area (Å²) in [5.41, 5.74) is 4.81. The van der Waals surface area contributed by atoms with Crippen LogP contribution in [0, 0.1) is 6.92 Å². The van der Waals surface area contributed by atoms with Crippen LogP contribution in [0.25, 0.3) is 5.65 Å². The molecule has 0 saturated heterocycles. The lowest BCUT2D eigenvalue weighted by atomic mass is 9.90. The molecule has 134 valence electrons. The van der Waals surface area contributed by atoms with Gasteiger partial charge in [0.25, 0.3) is 0 Å². The summed E-state index contributed by atoms with van der Waals surface area (Å²) in [4.78, 5) is 17.7. The monoisotopic (exact) mass is 355 g/mol. The lowest BCUT2D eigenvalue weighted by Gasteiger charge is -2.17. The van der Waals surface area contributed by atoms with Crippen molar-refractivity contribution in [1.29, 1.82) is 0 Å². The molecule has 0 saturated carbocycles. The third-order valence-corrected chi connectivity index (χ3v) is 4.72. The summed E-state index contributed by atoms with van der Waals surface area (Å²) in [6.45, 7) is 2.44. The number of carbonyl (C=O) groups excluding carboxylic acids is 1. The number of nitrogens with one attached hydrogen (secondary N) is 1. The number of carbonyl (C=O) groups is 1. The molecule has 0 bridgehead atoms. The zero-order valence-electron chi connectivity index (χ0n) is 15.2. The van der Waals surface area contributed by atoms with Crippen molar-refractivity contribution in [3.63, 3.8) is 0 Å². The quantitative estimate of drug-likeness (QED) is 0.586. The summed E-state index contributed by atoms with van der Waals surface area (Å²) < 4.78 is 2.04. The molecule has 0 spiro atoms. The Kier molecular flexibility index (Phi) is 4.71. The molecule has 4 nitrogen and oxygen atoms in total. The van der Waals surface area contributed by atoms with E-state index in [4.69, 9.17) is 0 Å². The van der Waals surface area contributed by atoms with Crippen LogP contribution < -0.4 is 5.32 Å². The van der Waals surface area contributed by atoms with E-state index in [2.05, 4.69) is 10.3 Å². The van der Waals surface area contributed by atoms with Gasteiger partial charge >= 0.3 is 0 Å². The van der Waals surface area contributed by atoms with Crippen molar-refractivity contribution in [2.75, 3.05) is 0 Å². The van der Waals surface area contributed by atoms with Crippen molar-refractivity contribution in [3.8, 4) is 0 Å². The summed E-state index contributed by atoms with van der Waals surface area (Å²) in [6, 6.07) is 25.7. The summed E-state index contributed by atoms with van der Waals surface area (Å²) in [7, 11) is 0. The molecule has 27 heavy (non-hydrogen) atoms. The highest BCUT2D eigenvalue weighted by molar-refractivity contribution is 5.87. The highest BCUT2D eigenvalue weighted by atomic mass is 16.1. The minimum Gasteiger partial charge on any atom is -0.350 e. The molecule has 0 radical (unpaired) electrons. The Morgan fingerprint density at radius 1 is 0.926 bits per heavy atom. The van der Waals surface area contributed by atoms with Crippen molar-refractivity contribution in [1.82, 2.24) is 14.7 Å². The maximum absolute atomic E-state index is 13.1. The SMILES string of the molecule is Cc1cccc2nc(CNC(=O)C(c3ccccc3)c3ccccc3)cn12. The van der Waals surface area contributed by atoms with Gasteiger partial charge in [-0.3, -0.25) is 4.79 Å². The standard InChI is InChI=1S/C23H21N3O/c1-17-9-8-14-21-25-20(16-26(17)21)15-24-23(27)22(18-10-4-2-5-11-18)19-12-6-3-7-13-19/h2-14,16,22H,15H2,1H3,(H,24,27). The van der Waals surface area contributed by atoms with Gasteiger partial charge in [0.1, 0.15) is 5.65 Å². The number of imidazole rings is 1. The average molecular weight is 355 g/mol. The lowest BCUT2D eigenvalue weighted by Crippen LogP contribution is -2.29. The number of pyridine rings is 1. The van der Waals surface area contributed by atoms with Gasteiger partial charge in [0.2, 0.25) is 5.91 Å². The van der Waals surface area contributed by atoms with Gasteiger partial charge in [0.05, 0.1) is 18.2 Å². The number of hydrogen-bond acceptors (Lipinski definition) is 2. The minimum absolute atomic E-state index is 0.0267. The Hall–Kier alpha value is -3.40. The largest absolute Gasteiger partial charge is 0.350 e. The van der Waals surface area contributed by atoms with E-state index in [9.17, 15) is 4.79 Å². The Labute approximate surface area is 158 Å². The van der Waals surface area contributed by atoms with E-state index in [1.165, 1.54) is 0 Å². The minimum atomic E-state index is -0.342. The van der Waals surface area contributed by atoms with Crippen molar-refractivity contribution < 1.29 is 4.79 Å². The summed E-state index contributed by atoms with van der Waals surface area (Å²) in [5.74, 6) is -0.368. The van der Waals surface area contributed by atoms with E-state index in [1.807, 2.05) is 96.4 Å². The number of aromatic nitrogens is 2. The van der Waals surface area contributed by atoms with Gasteiger partial charge in [-0.05, 0) is 30.2 Å². The van der Waals surface area contributed by atoms with Gasteiger partial charge in [-0.15, -0.1) is 0 Å². The molecule has 0 aliphatic carbocycles. The highest BCUT2D eigenvalue weighted by Crippen LogP contribution is 2.24. The number of benzene rings is 2. The maximum Gasteiger partial charge on any atom is 0.232 e. The van der Waals surface area contributed by atoms with Gasteiger partial charge in [-0.25, -0.2) is 4.98 Å². The van der Waals surface area contributed by atoms with Crippen molar-refractivity contribution >= 4 is 11.6 Å². The second-order valence-corrected chi connectivity index (χ2v) is 6.60. The van der Waals surface area contributed by atoms with E-state index < -0.39 is 0 Å². The van der Waals surface area contributed by atoms with Crippen LogP contribution in [-0.2, 0) is 11.3 Å². The van der Waals surface area contributed by atoms with Crippen molar-refractivity contribution in [3.05, 3.63) is 108 Å². The van der Waals surface area contributed by atoms with Crippen LogP contribution >= 0.6 is 0 Å². The molecule has 2 heterocycles. The molecule has 0 aliphatic heterocycles. The van der Waals surface area contributed by atoms with E-state index in [-0.39, 0.29) is 11.8 Å². The summed E-state index contributed by atoms with van der Waals surface area (Å²) in [5, 5.41) is 3.06. The van der Waals surface area contributed by atoms with E-state index in [0.29, 0.717) is 6.54 Å². The van der Waals surface area contributed by atoms with Gasteiger partial charge in [0, 0.05) is 11.9 Å². The van der Waals surface area contributed by atoms with Crippen LogP contribution in [0.15, 0.2) is 85.1 Å². The zero-order valence-corrected chi connectivity index (χ0v) is 15.2. The van der Waals surface area contributed by atoms with Crippen LogP contribution in [0.2, 0.25) is 0 Å². The third-order valence-electron chi connectivity index (χ3n) is 4.72. The molecular formula is C23H21N3O. The number of aryl methyl sites for hydroxylation is 1. The third kappa shape index (κ3) is 3.60. The molecule has 0 aliphatic rings.